The Hall–Kier alpha value is 0.270. The summed E-state index contributed by atoms with van der Waals surface area (Å²) in [5.74, 6) is 0.308. The second kappa shape index (κ2) is 5.55. The second-order valence-corrected chi connectivity index (χ2v) is 6.40. The standard InChI is InChI=1S/C12H25NOS/c1-9(2)12(3,14)8-13-10-5-6-11(7-10)15-4/h9-11,13-14H,5-8H2,1-4H3. The van der Waals surface area contributed by atoms with Crippen LogP contribution in [0.25, 0.3) is 0 Å². The van der Waals surface area contributed by atoms with Gasteiger partial charge >= 0.3 is 0 Å². The maximum Gasteiger partial charge on any atom is 0.0766 e. The smallest absolute Gasteiger partial charge is 0.0766 e. The van der Waals surface area contributed by atoms with E-state index in [1.54, 1.807) is 0 Å². The molecule has 1 aliphatic rings. The SMILES string of the molecule is CSC1CCC(NCC(C)(O)C(C)C)C1. The molecule has 15 heavy (non-hydrogen) atoms. The summed E-state index contributed by atoms with van der Waals surface area (Å²) in [4.78, 5) is 0. The van der Waals surface area contributed by atoms with E-state index in [-0.39, 0.29) is 0 Å². The van der Waals surface area contributed by atoms with Gasteiger partial charge in [0.05, 0.1) is 5.60 Å². The van der Waals surface area contributed by atoms with Crippen molar-refractivity contribution >= 4 is 11.8 Å². The fourth-order valence-corrected chi connectivity index (χ4v) is 2.69. The van der Waals surface area contributed by atoms with Gasteiger partial charge < -0.3 is 10.4 Å². The van der Waals surface area contributed by atoms with E-state index < -0.39 is 5.60 Å². The summed E-state index contributed by atoms with van der Waals surface area (Å²) in [6, 6.07) is 0.618. The lowest BCUT2D eigenvalue weighted by molar-refractivity contribution is 0.0120. The Labute approximate surface area is 98.2 Å². The molecule has 0 heterocycles. The molecular weight excluding hydrogens is 206 g/mol. The summed E-state index contributed by atoms with van der Waals surface area (Å²) in [5, 5.41) is 14.4. The number of thioether (sulfide) groups is 1. The molecule has 0 aromatic rings. The topological polar surface area (TPSA) is 32.3 Å². The molecule has 3 atom stereocenters. The minimum absolute atomic E-state index is 0.308. The summed E-state index contributed by atoms with van der Waals surface area (Å²) in [6.45, 7) is 6.78. The predicted octanol–water partition coefficient (Wildman–Crippen LogP) is 2.27. The van der Waals surface area contributed by atoms with E-state index in [1.165, 1.54) is 19.3 Å². The van der Waals surface area contributed by atoms with Crippen LogP contribution in [-0.4, -0.2) is 34.8 Å². The van der Waals surface area contributed by atoms with Crippen molar-refractivity contribution in [2.45, 2.75) is 56.9 Å². The Morgan fingerprint density at radius 2 is 2.13 bits per heavy atom. The second-order valence-electron chi connectivity index (χ2n) is 5.26. The first-order chi connectivity index (χ1) is 6.95. The van der Waals surface area contributed by atoms with Gasteiger partial charge in [-0.25, -0.2) is 0 Å². The van der Waals surface area contributed by atoms with Crippen LogP contribution in [0.5, 0.6) is 0 Å². The van der Waals surface area contributed by atoms with Gasteiger partial charge in [-0.05, 0) is 38.4 Å². The Balaban J connectivity index is 2.26. The van der Waals surface area contributed by atoms with Gasteiger partial charge in [-0.3, -0.25) is 0 Å². The lowest BCUT2D eigenvalue weighted by Crippen LogP contribution is -2.45. The number of rotatable bonds is 5. The summed E-state index contributed by atoms with van der Waals surface area (Å²) in [7, 11) is 0. The van der Waals surface area contributed by atoms with Crippen LogP contribution in [0.3, 0.4) is 0 Å². The van der Waals surface area contributed by atoms with Gasteiger partial charge in [0.1, 0.15) is 0 Å². The van der Waals surface area contributed by atoms with E-state index in [1.807, 2.05) is 18.7 Å². The van der Waals surface area contributed by atoms with Crippen molar-refractivity contribution < 1.29 is 5.11 Å². The Bertz CT molecular complexity index is 194. The molecule has 3 unspecified atom stereocenters. The molecule has 2 N–H and O–H groups in total. The lowest BCUT2D eigenvalue weighted by atomic mass is 9.92. The van der Waals surface area contributed by atoms with Crippen LogP contribution in [-0.2, 0) is 0 Å². The molecule has 0 spiro atoms. The number of hydrogen-bond acceptors (Lipinski definition) is 3. The minimum atomic E-state index is -0.572. The van der Waals surface area contributed by atoms with Crippen LogP contribution >= 0.6 is 11.8 Å². The highest BCUT2D eigenvalue weighted by molar-refractivity contribution is 7.99. The molecule has 1 aliphatic carbocycles. The summed E-state index contributed by atoms with van der Waals surface area (Å²) < 4.78 is 0. The van der Waals surface area contributed by atoms with E-state index in [2.05, 4.69) is 25.4 Å². The maximum absolute atomic E-state index is 10.1. The van der Waals surface area contributed by atoms with Gasteiger partial charge in [0.15, 0.2) is 0 Å². The monoisotopic (exact) mass is 231 g/mol. The van der Waals surface area contributed by atoms with Crippen molar-refractivity contribution in [1.29, 1.82) is 0 Å². The van der Waals surface area contributed by atoms with E-state index in [9.17, 15) is 5.11 Å². The first-order valence-electron chi connectivity index (χ1n) is 5.94. The third-order valence-electron chi connectivity index (χ3n) is 3.71. The van der Waals surface area contributed by atoms with E-state index in [0.717, 1.165) is 11.8 Å². The van der Waals surface area contributed by atoms with E-state index in [0.29, 0.717) is 12.0 Å². The van der Waals surface area contributed by atoms with Crippen molar-refractivity contribution in [3.05, 3.63) is 0 Å². The van der Waals surface area contributed by atoms with Gasteiger partial charge in [0, 0.05) is 17.8 Å². The Morgan fingerprint density at radius 1 is 1.47 bits per heavy atom. The van der Waals surface area contributed by atoms with E-state index >= 15 is 0 Å². The Morgan fingerprint density at radius 3 is 2.60 bits per heavy atom. The van der Waals surface area contributed by atoms with Crippen molar-refractivity contribution in [3.63, 3.8) is 0 Å². The summed E-state index contributed by atoms with van der Waals surface area (Å²) in [5.41, 5.74) is -0.572. The zero-order valence-corrected chi connectivity index (χ0v) is 11.2. The summed E-state index contributed by atoms with van der Waals surface area (Å²) >= 11 is 1.97. The highest BCUT2D eigenvalue weighted by atomic mass is 32.2. The van der Waals surface area contributed by atoms with Crippen molar-refractivity contribution in [2.75, 3.05) is 12.8 Å². The average molecular weight is 231 g/mol. The molecular formula is C12H25NOS. The molecule has 0 aromatic heterocycles. The van der Waals surface area contributed by atoms with Crippen molar-refractivity contribution in [2.24, 2.45) is 5.92 Å². The quantitative estimate of drug-likeness (QED) is 0.761. The summed E-state index contributed by atoms with van der Waals surface area (Å²) in [6.07, 6.45) is 6.04. The first-order valence-corrected chi connectivity index (χ1v) is 7.23. The lowest BCUT2D eigenvalue weighted by Gasteiger charge is -2.29. The molecule has 0 aromatic carbocycles. The highest BCUT2D eigenvalue weighted by Crippen LogP contribution is 2.28. The highest BCUT2D eigenvalue weighted by Gasteiger charge is 2.28. The van der Waals surface area contributed by atoms with E-state index in [4.69, 9.17) is 0 Å². The molecule has 0 aliphatic heterocycles. The fraction of sp³-hybridized carbons (Fsp3) is 1.00. The molecule has 0 radical (unpaired) electrons. The van der Waals surface area contributed by atoms with Crippen LogP contribution in [0.2, 0.25) is 0 Å². The van der Waals surface area contributed by atoms with Gasteiger partial charge in [0.2, 0.25) is 0 Å². The molecule has 90 valence electrons. The number of nitrogens with one attached hydrogen (secondary N) is 1. The van der Waals surface area contributed by atoms with Gasteiger partial charge in [-0.15, -0.1) is 0 Å². The third kappa shape index (κ3) is 3.97. The number of hydrogen-bond donors (Lipinski definition) is 2. The van der Waals surface area contributed by atoms with Gasteiger partial charge in [-0.2, -0.15) is 11.8 Å². The molecule has 0 bridgehead atoms. The molecule has 1 rings (SSSR count). The fourth-order valence-electron chi connectivity index (χ4n) is 1.89. The zero-order valence-electron chi connectivity index (χ0n) is 10.4. The van der Waals surface area contributed by atoms with Crippen molar-refractivity contribution in [1.82, 2.24) is 5.32 Å². The molecule has 3 heteroatoms. The average Bonchev–Trinajstić information content (AvgIpc) is 2.62. The predicted molar refractivity (Wildman–Crippen MR) is 68.4 cm³/mol. The normalized spacial score (nSPS) is 30.8. The maximum atomic E-state index is 10.1. The van der Waals surface area contributed by atoms with Gasteiger partial charge in [0.25, 0.3) is 0 Å². The molecule has 1 saturated carbocycles. The van der Waals surface area contributed by atoms with Crippen LogP contribution in [0.15, 0.2) is 0 Å². The first kappa shape index (κ1) is 13.3. The van der Waals surface area contributed by atoms with Crippen molar-refractivity contribution in [3.8, 4) is 0 Å². The molecule has 0 saturated heterocycles. The minimum Gasteiger partial charge on any atom is -0.389 e. The van der Waals surface area contributed by atoms with Crippen LogP contribution < -0.4 is 5.32 Å². The molecule has 2 nitrogen and oxygen atoms in total. The number of aliphatic hydroxyl groups is 1. The molecule has 0 amide bonds. The molecule has 1 fully saturated rings. The van der Waals surface area contributed by atoms with Crippen LogP contribution in [0.4, 0.5) is 0 Å². The zero-order chi connectivity index (χ0) is 11.5. The van der Waals surface area contributed by atoms with Crippen LogP contribution in [0.1, 0.15) is 40.0 Å². The van der Waals surface area contributed by atoms with Gasteiger partial charge in [-0.1, -0.05) is 13.8 Å². The largest absolute Gasteiger partial charge is 0.389 e. The third-order valence-corrected chi connectivity index (χ3v) is 4.81. The van der Waals surface area contributed by atoms with Crippen LogP contribution in [0, 0.1) is 5.92 Å². The Kier molecular flexibility index (Phi) is 4.94.